The number of benzene rings is 4. The molecule has 0 atom stereocenters. The fourth-order valence-electron chi connectivity index (χ4n) is 5.02. The smallest absolute Gasteiger partial charge is 0.308 e. The predicted octanol–water partition coefficient (Wildman–Crippen LogP) is 8.51. The third-order valence-corrected chi connectivity index (χ3v) is 7.92. The number of hydrogen-bond donors (Lipinski definition) is 0. The molecule has 0 amide bonds. The van der Waals surface area contributed by atoms with E-state index in [9.17, 15) is 9.59 Å². The highest BCUT2D eigenvalue weighted by Gasteiger charge is 2.25. The fraction of sp³-hybridized carbons (Fsp3) is 0.316. The van der Waals surface area contributed by atoms with Crippen molar-refractivity contribution in [1.82, 2.24) is 0 Å². The zero-order valence-electron chi connectivity index (χ0n) is 27.5. The van der Waals surface area contributed by atoms with Crippen molar-refractivity contribution in [2.75, 3.05) is 14.2 Å². The monoisotopic (exact) mass is 596 g/mol. The number of carbonyl (C=O) groups excluding carboxylic acids is 2. The minimum absolute atomic E-state index is 0.138. The first-order valence-electron chi connectivity index (χ1n) is 14.6. The van der Waals surface area contributed by atoms with Crippen LogP contribution in [0, 0.1) is 13.8 Å². The van der Waals surface area contributed by atoms with Crippen LogP contribution in [0.1, 0.15) is 74.9 Å². The Balaban J connectivity index is 0.000000241. The SMILES string of the molecule is COc1ccc(C(C)(C)c2ccc(OC(C)=O)c(C)c2)cc1C.COc1ccc(C(C)(C)c2ccc(OC(C)=O)cc2)cc1. The summed E-state index contributed by atoms with van der Waals surface area (Å²) in [5, 5.41) is 0. The zero-order chi connectivity index (χ0) is 32.7. The zero-order valence-corrected chi connectivity index (χ0v) is 27.5. The van der Waals surface area contributed by atoms with Gasteiger partial charge in [-0.3, -0.25) is 9.59 Å². The molecule has 0 aliphatic carbocycles. The van der Waals surface area contributed by atoms with E-state index in [-0.39, 0.29) is 22.8 Å². The molecule has 0 radical (unpaired) electrons. The lowest BCUT2D eigenvalue weighted by molar-refractivity contribution is -0.132. The number of aryl methyl sites for hydroxylation is 2. The first-order chi connectivity index (χ1) is 20.7. The molecule has 0 saturated heterocycles. The van der Waals surface area contributed by atoms with Crippen LogP contribution in [0.2, 0.25) is 0 Å². The molecule has 0 saturated carbocycles. The Morgan fingerprint density at radius 1 is 0.500 bits per heavy atom. The maximum absolute atomic E-state index is 11.1. The van der Waals surface area contributed by atoms with Gasteiger partial charge in [-0.05, 0) is 83.6 Å². The fourth-order valence-corrected chi connectivity index (χ4v) is 5.02. The van der Waals surface area contributed by atoms with Crippen LogP contribution in [0.25, 0.3) is 0 Å². The first kappa shape index (κ1) is 33.9. The predicted molar refractivity (Wildman–Crippen MR) is 175 cm³/mol. The van der Waals surface area contributed by atoms with Crippen LogP contribution in [-0.4, -0.2) is 26.2 Å². The van der Waals surface area contributed by atoms with Crippen molar-refractivity contribution in [2.45, 2.75) is 66.2 Å². The van der Waals surface area contributed by atoms with Gasteiger partial charge in [0, 0.05) is 24.7 Å². The van der Waals surface area contributed by atoms with Gasteiger partial charge in [-0.1, -0.05) is 76.2 Å². The van der Waals surface area contributed by atoms with Gasteiger partial charge in [0.2, 0.25) is 0 Å². The van der Waals surface area contributed by atoms with E-state index in [1.165, 1.54) is 30.5 Å². The van der Waals surface area contributed by atoms with Crippen molar-refractivity contribution in [2.24, 2.45) is 0 Å². The van der Waals surface area contributed by atoms with E-state index in [0.29, 0.717) is 11.5 Å². The Kier molecular flexibility index (Phi) is 11.0. The first-order valence-corrected chi connectivity index (χ1v) is 14.6. The average Bonchev–Trinajstić information content (AvgIpc) is 2.98. The molecule has 0 aliphatic heterocycles. The lowest BCUT2D eigenvalue weighted by Gasteiger charge is -2.27. The maximum atomic E-state index is 11.1. The van der Waals surface area contributed by atoms with E-state index in [0.717, 1.165) is 28.2 Å². The Hall–Kier alpha value is -4.58. The molecule has 44 heavy (non-hydrogen) atoms. The van der Waals surface area contributed by atoms with Gasteiger partial charge >= 0.3 is 11.9 Å². The van der Waals surface area contributed by atoms with E-state index in [4.69, 9.17) is 18.9 Å². The Bertz CT molecular complexity index is 1580. The van der Waals surface area contributed by atoms with Crippen LogP contribution in [0.15, 0.2) is 84.9 Å². The topological polar surface area (TPSA) is 71.1 Å². The van der Waals surface area contributed by atoms with Crippen LogP contribution in [-0.2, 0) is 20.4 Å². The molecule has 6 nitrogen and oxygen atoms in total. The van der Waals surface area contributed by atoms with Gasteiger partial charge in [0.15, 0.2) is 0 Å². The maximum Gasteiger partial charge on any atom is 0.308 e. The number of rotatable bonds is 8. The normalized spacial score (nSPS) is 11.1. The summed E-state index contributed by atoms with van der Waals surface area (Å²) in [6.07, 6.45) is 0. The molecule has 0 bridgehead atoms. The summed E-state index contributed by atoms with van der Waals surface area (Å²) >= 11 is 0. The van der Waals surface area contributed by atoms with E-state index >= 15 is 0 Å². The number of ether oxygens (including phenoxy) is 4. The third kappa shape index (κ3) is 8.28. The Labute approximate surface area is 261 Å². The van der Waals surface area contributed by atoms with Gasteiger partial charge in [0.1, 0.15) is 23.0 Å². The molecule has 0 N–H and O–H groups in total. The molecule has 6 heteroatoms. The Morgan fingerprint density at radius 2 is 0.886 bits per heavy atom. The van der Waals surface area contributed by atoms with E-state index in [2.05, 4.69) is 58.0 Å². The van der Waals surface area contributed by atoms with Crippen molar-refractivity contribution < 1.29 is 28.5 Å². The second kappa shape index (κ2) is 14.3. The van der Waals surface area contributed by atoms with Crippen molar-refractivity contribution in [1.29, 1.82) is 0 Å². The molecular formula is C38H44O6. The minimum atomic E-state index is -0.308. The molecule has 0 spiro atoms. The molecule has 0 aromatic heterocycles. The minimum Gasteiger partial charge on any atom is -0.497 e. The van der Waals surface area contributed by atoms with Crippen molar-refractivity contribution in [3.8, 4) is 23.0 Å². The van der Waals surface area contributed by atoms with Crippen LogP contribution in [0.3, 0.4) is 0 Å². The second-order valence-electron chi connectivity index (χ2n) is 11.9. The molecule has 232 valence electrons. The van der Waals surface area contributed by atoms with Crippen LogP contribution < -0.4 is 18.9 Å². The van der Waals surface area contributed by atoms with Gasteiger partial charge in [-0.15, -0.1) is 0 Å². The van der Waals surface area contributed by atoms with Crippen molar-refractivity contribution in [3.63, 3.8) is 0 Å². The quantitative estimate of drug-likeness (QED) is 0.150. The molecule has 4 aromatic rings. The van der Waals surface area contributed by atoms with Crippen LogP contribution >= 0.6 is 0 Å². The van der Waals surface area contributed by atoms with Crippen molar-refractivity contribution in [3.05, 3.63) is 118 Å². The molecule has 4 rings (SSSR count). The summed E-state index contributed by atoms with van der Waals surface area (Å²) in [6, 6.07) is 27.9. The Morgan fingerprint density at radius 3 is 1.27 bits per heavy atom. The highest BCUT2D eigenvalue weighted by Crippen LogP contribution is 2.36. The van der Waals surface area contributed by atoms with Crippen molar-refractivity contribution >= 4 is 11.9 Å². The number of carbonyl (C=O) groups is 2. The third-order valence-electron chi connectivity index (χ3n) is 7.92. The molecule has 4 aromatic carbocycles. The summed E-state index contributed by atoms with van der Waals surface area (Å²) in [5.41, 5.74) is 6.53. The van der Waals surface area contributed by atoms with Gasteiger partial charge in [0.05, 0.1) is 14.2 Å². The largest absolute Gasteiger partial charge is 0.497 e. The molecule has 0 aliphatic rings. The summed E-state index contributed by atoms with van der Waals surface area (Å²) < 4.78 is 20.8. The van der Waals surface area contributed by atoms with Gasteiger partial charge in [-0.2, -0.15) is 0 Å². The lowest BCUT2D eigenvalue weighted by Crippen LogP contribution is -2.19. The van der Waals surface area contributed by atoms with Gasteiger partial charge < -0.3 is 18.9 Å². The summed E-state index contributed by atoms with van der Waals surface area (Å²) in [7, 11) is 3.35. The highest BCUT2D eigenvalue weighted by atomic mass is 16.5. The molecular weight excluding hydrogens is 552 g/mol. The summed E-state index contributed by atoms with van der Waals surface area (Å²) in [5.74, 6) is 2.31. The molecule has 0 unspecified atom stereocenters. The van der Waals surface area contributed by atoms with Crippen LogP contribution in [0.5, 0.6) is 23.0 Å². The van der Waals surface area contributed by atoms with Gasteiger partial charge in [0.25, 0.3) is 0 Å². The van der Waals surface area contributed by atoms with E-state index < -0.39 is 0 Å². The van der Waals surface area contributed by atoms with E-state index in [1.54, 1.807) is 14.2 Å². The number of methoxy groups -OCH3 is 2. The standard InChI is InChI=1S/C20H24O3.C18H20O3/c1-13-11-16(7-9-18(13)22-6)20(4,5)17-8-10-19(14(2)12-17)23-15(3)21;1-13(19)21-17-11-7-15(8-12-17)18(2,3)14-5-9-16(20-4)10-6-14/h7-12H,1-6H3;5-12H,1-4H3. The number of hydrogen-bond acceptors (Lipinski definition) is 6. The van der Waals surface area contributed by atoms with Gasteiger partial charge in [-0.25, -0.2) is 0 Å². The molecule has 0 heterocycles. The highest BCUT2D eigenvalue weighted by molar-refractivity contribution is 5.70. The lowest BCUT2D eigenvalue weighted by atomic mass is 9.77. The number of esters is 2. The second-order valence-corrected chi connectivity index (χ2v) is 11.9. The molecule has 0 fully saturated rings. The summed E-state index contributed by atoms with van der Waals surface area (Å²) in [4.78, 5) is 22.1. The van der Waals surface area contributed by atoms with E-state index in [1.807, 2.05) is 68.4 Å². The van der Waals surface area contributed by atoms with Crippen LogP contribution in [0.4, 0.5) is 0 Å². The summed E-state index contributed by atoms with van der Waals surface area (Å²) in [6.45, 7) is 15.5. The average molecular weight is 597 g/mol.